The number of fused-ring (bicyclic) bond motifs is 5. The standard InChI is InChI=1S/C25H25BrN6O4/c1-11(2)21(23(33)34)28-24(35)36-17-10-16(17)32-25(29-30-31-32)14-7-5-4-6-13(14)22-20(26)18-15(27-22)9-8-12(3)19(18)25/h4-9,11,16-17,21,27H,10H2,1-3H3,(H,28,35)(H,29,31)(H,33,34)/t16?,17?,21-,25?/m0/s1. The summed E-state index contributed by atoms with van der Waals surface area (Å²) in [6, 6.07) is 11.0. The first-order valence-electron chi connectivity index (χ1n) is 11.8. The molecule has 4 N–H and O–H groups in total. The van der Waals surface area contributed by atoms with Gasteiger partial charge in [-0.05, 0) is 40.4 Å². The fourth-order valence-electron chi connectivity index (χ4n) is 5.44. The lowest BCUT2D eigenvalue weighted by molar-refractivity contribution is -0.140. The number of carboxylic acids is 1. The second-order valence-electron chi connectivity index (χ2n) is 9.85. The first-order chi connectivity index (χ1) is 17.2. The number of carbonyl (C=O) groups excluding carboxylic acids is 1. The van der Waals surface area contributed by atoms with Gasteiger partial charge in [0.2, 0.25) is 0 Å². The molecule has 3 aliphatic rings. The Morgan fingerprint density at radius 2 is 2.06 bits per heavy atom. The molecule has 3 unspecified atom stereocenters. The lowest BCUT2D eigenvalue weighted by atomic mass is 9.84. The summed E-state index contributed by atoms with van der Waals surface area (Å²) in [6.45, 7) is 5.53. The molecule has 2 bridgehead atoms. The zero-order valence-corrected chi connectivity index (χ0v) is 21.5. The number of nitrogens with one attached hydrogen (secondary N) is 3. The fourth-order valence-corrected chi connectivity index (χ4v) is 6.17. The zero-order chi connectivity index (χ0) is 25.4. The summed E-state index contributed by atoms with van der Waals surface area (Å²) in [5.41, 5.74) is 8.46. The summed E-state index contributed by atoms with van der Waals surface area (Å²) < 4.78 is 6.60. The van der Waals surface area contributed by atoms with Gasteiger partial charge in [-0.2, -0.15) is 0 Å². The van der Waals surface area contributed by atoms with Gasteiger partial charge >= 0.3 is 12.1 Å². The Hall–Kier alpha value is -3.60. The molecule has 1 aliphatic heterocycles. The van der Waals surface area contributed by atoms with Crippen LogP contribution in [0.4, 0.5) is 4.79 Å². The molecular formula is C25H25BrN6O4. The number of ether oxygens (including phenoxy) is 1. The van der Waals surface area contributed by atoms with Crippen molar-refractivity contribution in [1.82, 2.24) is 20.7 Å². The monoisotopic (exact) mass is 552 g/mol. The summed E-state index contributed by atoms with van der Waals surface area (Å²) in [6.07, 6.45) is -0.661. The first kappa shape index (κ1) is 22.8. The van der Waals surface area contributed by atoms with Gasteiger partial charge in [-0.3, -0.25) is 5.43 Å². The number of aromatic amines is 1. The molecule has 2 aliphatic carbocycles. The van der Waals surface area contributed by atoms with Crippen molar-refractivity contribution in [3.63, 3.8) is 0 Å². The Morgan fingerprint density at radius 3 is 2.81 bits per heavy atom. The van der Waals surface area contributed by atoms with Gasteiger partial charge < -0.3 is 20.1 Å². The molecular weight excluding hydrogens is 528 g/mol. The highest BCUT2D eigenvalue weighted by atomic mass is 79.9. The maximum absolute atomic E-state index is 12.5. The van der Waals surface area contributed by atoms with Crippen LogP contribution in [0.3, 0.4) is 0 Å². The minimum atomic E-state index is -1.10. The summed E-state index contributed by atoms with van der Waals surface area (Å²) in [5, 5.41) is 23.6. The molecule has 1 aromatic heterocycles. The molecule has 4 atom stereocenters. The summed E-state index contributed by atoms with van der Waals surface area (Å²) in [5.74, 6) is -1.37. The molecule has 0 radical (unpaired) electrons. The molecule has 1 saturated carbocycles. The van der Waals surface area contributed by atoms with Crippen molar-refractivity contribution in [1.29, 1.82) is 0 Å². The number of amides is 1. The molecule has 0 saturated heterocycles. The molecule has 3 aromatic rings. The van der Waals surface area contributed by atoms with Crippen LogP contribution in [0.2, 0.25) is 0 Å². The molecule has 2 aromatic carbocycles. The van der Waals surface area contributed by atoms with Gasteiger partial charge in [0.25, 0.3) is 0 Å². The summed E-state index contributed by atoms with van der Waals surface area (Å²) in [7, 11) is 0. The van der Waals surface area contributed by atoms with Gasteiger partial charge in [-0.25, -0.2) is 14.6 Å². The molecule has 36 heavy (non-hydrogen) atoms. The van der Waals surface area contributed by atoms with E-state index in [1.807, 2.05) is 17.1 Å². The fraction of sp³-hybridized carbons (Fsp3) is 0.360. The topological polar surface area (TPSA) is 131 Å². The molecule has 2 heterocycles. The number of rotatable bonds is 5. The van der Waals surface area contributed by atoms with Crippen LogP contribution in [-0.4, -0.2) is 45.3 Å². The predicted octanol–water partition coefficient (Wildman–Crippen LogP) is 4.58. The minimum Gasteiger partial charge on any atom is -0.480 e. The van der Waals surface area contributed by atoms with Crippen molar-refractivity contribution in [3.8, 4) is 11.3 Å². The van der Waals surface area contributed by atoms with Gasteiger partial charge in [-0.1, -0.05) is 54.6 Å². The smallest absolute Gasteiger partial charge is 0.408 e. The van der Waals surface area contributed by atoms with Crippen LogP contribution in [0, 0.1) is 12.8 Å². The number of benzene rings is 2. The number of aryl methyl sites for hydroxylation is 1. The van der Waals surface area contributed by atoms with E-state index < -0.39 is 29.9 Å². The highest BCUT2D eigenvalue weighted by molar-refractivity contribution is 9.10. The lowest BCUT2D eigenvalue weighted by Gasteiger charge is -2.39. The van der Waals surface area contributed by atoms with Crippen LogP contribution in [0.15, 0.2) is 51.3 Å². The number of aromatic nitrogens is 1. The van der Waals surface area contributed by atoms with E-state index in [1.54, 1.807) is 13.8 Å². The minimum absolute atomic E-state index is 0.242. The van der Waals surface area contributed by atoms with Crippen LogP contribution in [0.5, 0.6) is 0 Å². The number of carbonyl (C=O) groups is 2. The maximum Gasteiger partial charge on any atom is 0.408 e. The quantitative estimate of drug-likeness (QED) is 0.366. The SMILES string of the molecule is Cc1ccc2[nH]c3c(Br)c2c1C1(NN=NN1C1CC1OC(=O)N[C@H](C(=O)O)C(C)C)c1ccccc1-3. The molecule has 6 rings (SSSR count). The van der Waals surface area contributed by atoms with Crippen LogP contribution in [-0.2, 0) is 15.2 Å². The number of aliphatic carboxylic acids is 1. The van der Waals surface area contributed by atoms with Gasteiger partial charge in [0, 0.05) is 34.0 Å². The van der Waals surface area contributed by atoms with Crippen molar-refractivity contribution < 1.29 is 19.4 Å². The number of carboxylic acid groups (broad SMARTS) is 1. The van der Waals surface area contributed by atoms with E-state index in [-0.39, 0.29) is 12.0 Å². The number of halogens is 1. The van der Waals surface area contributed by atoms with Crippen molar-refractivity contribution in [2.45, 2.75) is 51.0 Å². The van der Waals surface area contributed by atoms with Crippen molar-refractivity contribution >= 4 is 38.9 Å². The first-order valence-corrected chi connectivity index (χ1v) is 12.6. The third kappa shape index (κ3) is 3.15. The van der Waals surface area contributed by atoms with Gasteiger partial charge in [-0.15, -0.1) is 0 Å². The van der Waals surface area contributed by atoms with Crippen LogP contribution in [0.25, 0.3) is 22.2 Å². The summed E-state index contributed by atoms with van der Waals surface area (Å²) >= 11 is 3.84. The average Bonchev–Trinajstić information content (AvgIpc) is 3.33. The highest BCUT2D eigenvalue weighted by Gasteiger charge is 2.59. The van der Waals surface area contributed by atoms with Crippen molar-refractivity contribution in [2.24, 2.45) is 16.4 Å². The van der Waals surface area contributed by atoms with Crippen molar-refractivity contribution in [2.75, 3.05) is 0 Å². The number of hydrogen-bond acceptors (Lipinski definition) is 7. The summed E-state index contributed by atoms with van der Waals surface area (Å²) in [4.78, 5) is 27.6. The third-order valence-corrected chi connectivity index (χ3v) is 8.03. The van der Waals surface area contributed by atoms with Gasteiger partial charge in [0.1, 0.15) is 12.1 Å². The van der Waals surface area contributed by atoms with E-state index >= 15 is 0 Å². The van der Waals surface area contributed by atoms with Gasteiger partial charge in [0.15, 0.2) is 5.66 Å². The largest absolute Gasteiger partial charge is 0.480 e. The Balaban J connectivity index is 1.38. The van der Waals surface area contributed by atoms with E-state index in [0.29, 0.717) is 6.42 Å². The van der Waals surface area contributed by atoms with Crippen molar-refractivity contribution in [3.05, 3.63) is 57.6 Å². The van der Waals surface area contributed by atoms with E-state index in [0.717, 1.165) is 43.3 Å². The lowest BCUT2D eigenvalue weighted by Crippen LogP contribution is -2.52. The van der Waals surface area contributed by atoms with Crippen LogP contribution < -0.4 is 10.7 Å². The number of nitrogens with zero attached hydrogens (tertiary/aromatic N) is 3. The second-order valence-corrected chi connectivity index (χ2v) is 10.6. The number of alkyl carbamates (subject to hydrolysis) is 1. The van der Waals surface area contributed by atoms with Crippen LogP contribution in [0.1, 0.15) is 37.0 Å². The van der Waals surface area contributed by atoms with E-state index in [1.165, 1.54) is 0 Å². The molecule has 186 valence electrons. The zero-order valence-electron chi connectivity index (χ0n) is 19.9. The second kappa shape index (κ2) is 7.95. The van der Waals surface area contributed by atoms with Crippen LogP contribution >= 0.6 is 15.9 Å². The van der Waals surface area contributed by atoms with E-state index in [4.69, 9.17) is 4.74 Å². The predicted molar refractivity (Wildman–Crippen MR) is 135 cm³/mol. The average molecular weight is 553 g/mol. The maximum atomic E-state index is 12.5. The van der Waals surface area contributed by atoms with Gasteiger partial charge in [0.05, 0.1) is 16.2 Å². The van der Waals surface area contributed by atoms with E-state index in [2.05, 4.69) is 73.3 Å². The molecule has 11 heteroatoms. The van der Waals surface area contributed by atoms with E-state index in [9.17, 15) is 14.7 Å². The third-order valence-electron chi connectivity index (χ3n) is 7.24. The molecule has 1 spiro atoms. The Kier molecular flexibility index (Phi) is 5.05. The highest BCUT2D eigenvalue weighted by Crippen LogP contribution is 2.54. The Labute approximate surface area is 215 Å². The Morgan fingerprint density at radius 1 is 1.28 bits per heavy atom. The normalized spacial score (nSPS) is 24.1. The number of hydrogen-bond donors (Lipinski definition) is 4. The molecule has 1 fully saturated rings. The molecule has 10 nitrogen and oxygen atoms in total. The number of H-pyrrole nitrogens is 1. The molecule has 1 amide bonds. The Bertz CT molecular complexity index is 1450.